The average Bonchev–Trinajstić information content (AvgIpc) is 3.01. The highest BCUT2D eigenvalue weighted by atomic mass is 32.1. The zero-order valence-electron chi connectivity index (χ0n) is 15.0. The summed E-state index contributed by atoms with van der Waals surface area (Å²) in [6, 6.07) is 5.98. The van der Waals surface area contributed by atoms with E-state index in [2.05, 4.69) is 19.2 Å². The van der Waals surface area contributed by atoms with Gasteiger partial charge in [-0.15, -0.1) is 11.3 Å². The number of aromatic nitrogens is 1. The van der Waals surface area contributed by atoms with Crippen LogP contribution in [0.4, 0.5) is 0 Å². The van der Waals surface area contributed by atoms with Gasteiger partial charge in [0.1, 0.15) is 17.2 Å². The maximum atomic E-state index is 5.40. The van der Waals surface area contributed by atoms with Crippen molar-refractivity contribution in [2.24, 2.45) is 11.8 Å². The van der Waals surface area contributed by atoms with Gasteiger partial charge in [0, 0.05) is 22.8 Å². The first-order valence-corrected chi connectivity index (χ1v) is 9.47. The Morgan fingerprint density at radius 2 is 1.83 bits per heavy atom. The first kappa shape index (κ1) is 17.2. The molecule has 5 heteroatoms. The molecule has 1 saturated heterocycles. The highest BCUT2D eigenvalue weighted by Crippen LogP contribution is 2.33. The molecule has 3 rings (SSSR count). The molecule has 24 heavy (non-hydrogen) atoms. The van der Waals surface area contributed by atoms with E-state index in [4.69, 9.17) is 14.5 Å². The molecule has 0 aliphatic carbocycles. The van der Waals surface area contributed by atoms with Crippen LogP contribution < -0.4 is 14.4 Å². The number of thiazole rings is 1. The molecule has 0 radical (unpaired) electrons. The molecule has 1 aliphatic rings. The van der Waals surface area contributed by atoms with E-state index < -0.39 is 0 Å². The van der Waals surface area contributed by atoms with E-state index in [9.17, 15) is 0 Å². The molecule has 1 aliphatic heterocycles. The van der Waals surface area contributed by atoms with Gasteiger partial charge in [-0.05, 0) is 24.6 Å². The van der Waals surface area contributed by atoms with Crippen molar-refractivity contribution >= 4 is 11.3 Å². The van der Waals surface area contributed by atoms with Gasteiger partial charge in [0.05, 0.1) is 27.3 Å². The molecule has 1 N–H and O–H groups in total. The summed E-state index contributed by atoms with van der Waals surface area (Å²) < 4.78 is 10.7. The fraction of sp³-hybridized carbons (Fsp3) is 0.526. The Hall–Kier alpha value is -1.59. The van der Waals surface area contributed by atoms with Gasteiger partial charge in [0.15, 0.2) is 11.5 Å². The lowest BCUT2D eigenvalue weighted by Gasteiger charge is -2.31. The second-order valence-corrected chi connectivity index (χ2v) is 7.85. The van der Waals surface area contributed by atoms with Crippen LogP contribution in [-0.4, -0.2) is 32.3 Å². The second-order valence-electron chi connectivity index (χ2n) is 6.99. The van der Waals surface area contributed by atoms with Gasteiger partial charge in [0.25, 0.3) is 0 Å². The second kappa shape index (κ2) is 7.53. The summed E-state index contributed by atoms with van der Waals surface area (Å²) in [5.74, 6) is 3.12. The molecule has 1 fully saturated rings. The third-order valence-electron chi connectivity index (χ3n) is 4.69. The van der Waals surface area contributed by atoms with Crippen molar-refractivity contribution < 1.29 is 14.4 Å². The predicted octanol–water partition coefficient (Wildman–Crippen LogP) is 2.89. The Kier molecular flexibility index (Phi) is 5.41. The maximum Gasteiger partial charge on any atom is 0.161 e. The number of nitrogens with one attached hydrogen (secondary N) is 1. The van der Waals surface area contributed by atoms with Crippen LogP contribution in [0.3, 0.4) is 0 Å². The number of hydrogen-bond acceptors (Lipinski definition) is 4. The van der Waals surface area contributed by atoms with E-state index >= 15 is 0 Å². The standard InChI is InChI=1S/C19H26N2O2S/c1-13-7-14(2)10-21(9-13)11-16-12-24-19(20-16)15-5-6-17(22-3)18(8-15)23-4/h5-6,8,12-14H,7,9-11H2,1-4H3/p+1/t13-,14+. The lowest BCUT2D eigenvalue weighted by molar-refractivity contribution is -0.925. The molecule has 130 valence electrons. The van der Waals surface area contributed by atoms with E-state index in [1.54, 1.807) is 30.5 Å². The lowest BCUT2D eigenvalue weighted by atomic mass is 9.92. The summed E-state index contributed by atoms with van der Waals surface area (Å²) in [5, 5.41) is 3.24. The van der Waals surface area contributed by atoms with Crippen molar-refractivity contribution in [2.75, 3.05) is 27.3 Å². The summed E-state index contributed by atoms with van der Waals surface area (Å²) in [5.41, 5.74) is 2.28. The topological polar surface area (TPSA) is 35.8 Å². The van der Waals surface area contributed by atoms with E-state index in [0.717, 1.165) is 40.5 Å². The monoisotopic (exact) mass is 347 g/mol. The highest BCUT2D eigenvalue weighted by molar-refractivity contribution is 7.13. The Balaban J connectivity index is 1.73. The van der Waals surface area contributed by atoms with Crippen LogP contribution >= 0.6 is 11.3 Å². The Morgan fingerprint density at radius 1 is 1.12 bits per heavy atom. The fourth-order valence-corrected chi connectivity index (χ4v) is 4.63. The molecule has 0 bridgehead atoms. The molecule has 0 spiro atoms. The van der Waals surface area contributed by atoms with E-state index in [0.29, 0.717) is 0 Å². The SMILES string of the molecule is COc1ccc(-c2nc(C[NH+]3C[C@H](C)C[C@H](C)C3)cs2)cc1OC. The molecule has 1 aromatic heterocycles. The van der Waals surface area contributed by atoms with Gasteiger partial charge < -0.3 is 14.4 Å². The summed E-state index contributed by atoms with van der Waals surface area (Å²) >= 11 is 1.70. The van der Waals surface area contributed by atoms with Crippen LogP contribution in [0, 0.1) is 11.8 Å². The third kappa shape index (κ3) is 3.90. The van der Waals surface area contributed by atoms with Crippen molar-refractivity contribution in [2.45, 2.75) is 26.8 Å². The molecule has 1 unspecified atom stereocenters. The summed E-state index contributed by atoms with van der Waals surface area (Å²) in [7, 11) is 3.32. The number of nitrogens with zero attached hydrogens (tertiary/aromatic N) is 1. The average molecular weight is 348 g/mol. The molecule has 1 aromatic carbocycles. The van der Waals surface area contributed by atoms with Crippen molar-refractivity contribution in [3.05, 3.63) is 29.3 Å². The largest absolute Gasteiger partial charge is 0.493 e. The molecule has 0 amide bonds. The molecular formula is C19H27N2O2S+. The minimum Gasteiger partial charge on any atom is -0.493 e. The first-order chi connectivity index (χ1) is 11.6. The van der Waals surface area contributed by atoms with E-state index in [-0.39, 0.29) is 0 Å². The summed E-state index contributed by atoms with van der Waals surface area (Å²) in [6.45, 7) is 8.27. The van der Waals surface area contributed by atoms with Gasteiger partial charge in [0.2, 0.25) is 0 Å². The van der Waals surface area contributed by atoms with Crippen molar-refractivity contribution in [3.8, 4) is 22.1 Å². The number of piperidine rings is 1. The molecule has 2 heterocycles. The minimum absolute atomic E-state index is 0.746. The number of benzene rings is 1. The number of rotatable bonds is 5. The van der Waals surface area contributed by atoms with Crippen LogP contribution in [0.25, 0.3) is 10.6 Å². The van der Waals surface area contributed by atoms with Gasteiger partial charge >= 0.3 is 0 Å². The maximum absolute atomic E-state index is 5.40. The molecular weight excluding hydrogens is 320 g/mol. The number of hydrogen-bond donors (Lipinski definition) is 1. The van der Waals surface area contributed by atoms with Crippen molar-refractivity contribution in [1.29, 1.82) is 0 Å². The lowest BCUT2D eigenvalue weighted by Crippen LogP contribution is -3.13. The van der Waals surface area contributed by atoms with Crippen LogP contribution in [0.5, 0.6) is 11.5 Å². The number of methoxy groups -OCH3 is 2. The highest BCUT2D eigenvalue weighted by Gasteiger charge is 2.25. The third-order valence-corrected chi connectivity index (χ3v) is 5.63. The van der Waals surface area contributed by atoms with Crippen molar-refractivity contribution in [3.63, 3.8) is 0 Å². The molecule has 0 saturated carbocycles. The normalized spacial score (nSPS) is 23.9. The zero-order valence-corrected chi connectivity index (χ0v) is 15.8. The van der Waals surface area contributed by atoms with Crippen molar-refractivity contribution in [1.82, 2.24) is 4.98 Å². The summed E-state index contributed by atoms with van der Waals surface area (Å²) in [4.78, 5) is 6.51. The number of likely N-dealkylation sites (tertiary alicyclic amines) is 1. The van der Waals surface area contributed by atoms with Crippen LogP contribution in [0.2, 0.25) is 0 Å². The van der Waals surface area contributed by atoms with Gasteiger partial charge in [-0.3, -0.25) is 0 Å². The van der Waals surface area contributed by atoms with Gasteiger partial charge in [-0.1, -0.05) is 13.8 Å². The molecule has 3 atom stereocenters. The van der Waals surface area contributed by atoms with E-state index in [1.807, 2.05) is 18.2 Å². The van der Waals surface area contributed by atoms with Crippen LogP contribution in [-0.2, 0) is 6.54 Å². The fourth-order valence-electron chi connectivity index (χ4n) is 3.81. The summed E-state index contributed by atoms with van der Waals surface area (Å²) in [6.07, 6.45) is 1.36. The van der Waals surface area contributed by atoms with Gasteiger partial charge in [-0.25, -0.2) is 4.98 Å². The predicted molar refractivity (Wildman–Crippen MR) is 98.0 cm³/mol. The quantitative estimate of drug-likeness (QED) is 0.903. The Morgan fingerprint density at radius 3 is 2.50 bits per heavy atom. The number of ether oxygens (including phenoxy) is 2. The zero-order chi connectivity index (χ0) is 17.1. The van der Waals surface area contributed by atoms with Gasteiger partial charge in [-0.2, -0.15) is 0 Å². The van der Waals surface area contributed by atoms with Crippen LogP contribution in [0.1, 0.15) is 26.0 Å². The molecule has 4 nitrogen and oxygen atoms in total. The Labute approximate surface area is 148 Å². The Bertz CT molecular complexity index is 676. The minimum atomic E-state index is 0.746. The molecule has 2 aromatic rings. The number of quaternary nitrogens is 1. The smallest absolute Gasteiger partial charge is 0.161 e. The van der Waals surface area contributed by atoms with Crippen LogP contribution in [0.15, 0.2) is 23.6 Å². The van der Waals surface area contributed by atoms with E-state index in [1.165, 1.54) is 25.2 Å². The first-order valence-electron chi connectivity index (χ1n) is 8.59.